The molecule has 5 nitrogen and oxygen atoms in total. The van der Waals surface area contributed by atoms with Crippen molar-refractivity contribution in [1.29, 1.82) is 5.26 Å². The van der Waals surface area contributed by atoms with E-state index in [1.165, 1.54) is 24.3 Å². The summed E-state index contributed by atoms with van der Waals surface area (Å²) in [7, 11) is 0. The Balaban J connectivity index is 2.06. The molecule has 0 spiro atoms. The van der Waals surface area contributed by atoms with Gasteiger partial charge in [-0.1, -0.05) is 18.2 Å². The Bertz CT molecular complexity index is 956. The molecule has 2 amide bonds. The zero-order valence-electron chi connectivity index (χ0n) is 14.3. The van der Waals surface area contributed by atoms with Crippen molar-refractivity contribution < 1.29 is 14.0 Å². The highest BCUT2D eigenvalue weighted by molar-refractivity contribution is 6.38. The maximum atomic E-state index is 13.0. The van der Waals surface area contributed by atoms with E-state index < -0.39 is 11.7 Å². The summed E-state index contributed by atoms with van der Waals surface area (Å²) in [6.07, 6.45) is 0. The van der Waals surface area contributed by atoms with Gasteiger partial charge in [-0.15, -0.1) is 0 Å². The molecule has 0 bridgehead atoms. The highest BCUT2D eigenvalue weighted by Crippen LogP contribution is 2.39. The fourth-order valence-corrected chi connectivity index (χ4v) is 2.94. The van der Waals surface area contributed by atoms with Crippen molar-refractivity contribution in [3.8, 4) is 6.07 Å². The Morgan fingerprint density at radius 3 is 2.42 bits per heavy atom. The Kier molecular flexibility index (Phi) is 4.55. The monoisotopic (exact) mass is 349 g/mol. The van der Waals surface area contributed by atoms with Crippen LogP contribution in [0.4, 0.5) is 15.8 Å². The van der Waals surface area contributed by atoms with Crippen LogP contribution in [0.5, 0.6) is 0 Å². The molecular formula is C20H16FN3O2. The number of nitriles is 1. The SMILES string of the molecule is CC(C)N1C(=O)C(=C(C#N)C(=O)Nc2ccc(F)cc2)c2ccccc21. The summed E-state index contributed by atoms with van der Waals surface area (Å²) in [4.78, 5) is 27.0. The molecule has 0 aliphatic carbocycles. The van der Waals surface area contributed by atoms with Crippen LogP contribution in [0, 0.1) is 17.1 Å². The molecular weight excluding hydrogens is 333 g/mol. The van der Waals surface area contributed by atoms with Crippen LogP contribution >= 0.6 is 0 Å². The first kappa shape index (κ1) is 17.4. The van der Waals surface area contributed by atoms with Gasteiger partial charge in [0.1, 0.15) is 17.5 Å². The molecule has 0 saturated carbocycles. The molecule has 2 aromatic rings. The van der Waals surface area contributed by atoms with Crippen molar-refractivity contribution in [2.45, 2.75) is 19.9 Å². The molecule has 1 N–H and O–H groups in total. The molecule has 26 heavy (non-hydrogen) atoms. The average Bonchev–Trinajstić information content (AvgIpc) is 2.90. The fraction of sp³-hybridized carbons (Fsp3) is 0.150. The second kappa shape index (κ2) is 6.81. The Morgan fingerprint density at radius 1 is 1.15 bits per heavy atom. The molecule has 0 aromatic heterocycles. The second-order valence-electron chi connectivity index (χ2n) is 6.11. The van der Waals surface area contributed by atoms with E-state index in [2.05, 4.69) is 5.32 Å². The van der Waals surface area contributed by atoms with Gasteiger partial charge < -0.3 is 10.2 Å². The van der Waals surface area contributed by atoms with Crippen LogP contribution in [-0.2, 0) is 9.59 Å². The van der Waals surface area contributed by atoms with E-state index in [9.17, 15) is 19.2 Å². The van der Waals surface area contributed by atoms with Crippen LogP contribution in [-0.4, -0.2) is 17.9 Å². The number of nitrogens with one attached hydrogen (secondary N) is 1. The standard InChI is InChI=1S/C20H16FN3O2/c1-12(2)24-17-6-4-3-5-15(17)18(20(24)26)16(11-22)19(25)23-14-9-7-13(21)8-10-14/h3-10,12H,1-2H3,(H,23,25). The molecule has 0 atom stereocenters. The molecule has 1 aliphatic rings. The van der Waals surface area contributed by atoms with Gasteiger partial charge in [0, 0.05) is 17.3 Å². The third kappa shape index (κ3) is 2.95. The number of fused-ring (bicyclic) bond motifs is 1. The lowest BCUT2D eigenvalue weighted by Crippen LogP contribution is -2.33. The van der Waals surface area contributed by atoms with Gasteiger partial charge in [-0.3, -0.25) is 9.59 Å². The maximum Gasteiger partial charge on any atom is 0.267 e. The number of halogens is 1. The molecule has 1 aliphatic heterocycles. The van der Waals surface area contributed by atoms with Gasteiger partial charge in [-0.05, 0) is 44.2 Å². The van der Waals surface area contributed by atoms with E-state index in [1.807, 2.05) is 19.9 Å². The highest BCUT2D eigenvalue weighted by atomic mass is 19.1. The van der Waals surface area contributed by atoms with Crippen molar-refractivity contribution in [1.82, 2.24) is 0 Å². The molecule has 2 aromatic carbocycles. The van der Waals surface area contributed by atoms with Crippen LogP contribution in [0.2, 0.25) is 0 Å². The number of amides is 2. The van der Waals surface area contributed by atoms with E-state index in [-0.39, 0.29) is 23.1 Å². The lowest BCUT2D eigenvalue weighted by molar-refractivity contribution is -0.115. The number of benzene rings is 2. The van der Waals surface area contributed by atoms with Crippen LogP contribution in [0.3, 0.4) is 0 Å². The minimum absolute atomic E-state index is 0.0800. The predicted molar refractivity (Wildman–Crippen MR) is 96.6 cm³/mol. The first-order valence-corrected chi connectivity index (χ1v) is 8.08. The minimum atomic E-state index is -0.706. The summed E-state index contributed by atoms with van der Waals surface area (Å²) in [6.45, 7) is 3.73. The largest absolute Gasteiger partial charge is 0.321 e. The number of anilines is 2. The van der Waals surface area contributed by atoms with E-state index in [0.29, 0.717) is 16.9 Å². The third-order valence-corrected chi connectivity index (χ3v) is 4.07. The van der Waals surface area contributed by atoms with Crippen molar-refractivity contribution in [2.75, 3.05) is 10.2 Å². The third-order valence-electron chi connectivity index (χ3n) is 4.07. The summed E-state index contributed by atoms with van der Waals surface area (Å²) in [5, 5.41) is 12.1. The molecule has 6 heteroatoms. The smallest absolute Gasteiger partial charge is 0.267 e. The first-order chi connectivity index (χ1) is 12.4. The number of para-hydroxylation sites is 1. The molecule has 0 saturated heterocycles. The Morgan fingerprint density at radius 2 is 1.81 bits per heavy atom. The van der Waals surface area contributed by atoms with Gasteiger partial charge in [0.2, 0.25) is 0 Å². The van der Waals surface area contributed by atoms with Crippen molar-refractivity contribution in [3.05, 3.63) is 65.5 Å². The van der Waals surface area contributed by atoms with Gasteiger partial charge in [-0.25, -0.2) is 4.39 Å². The first-order valence-electron chi connectivity index (χ1n) is 8.08. The summed E-state index contributed by atoms with van der Waals surface area (Å²) in [5.41, 5.74) is 1.37. The fourth-order valence-electron chi connectivity index (χ4n) is 2.94. The van der Waals surface area contributed by atoms with Gasteiger partial charge in [0.15, 0.2) is 0 Å². The lowest BCUT2D eigenvalue weighted by Gasteiger charge is -2.21. The van der Waals surface area contributed by atoms with Crippen LogP contribution < -0.4 is 10.2 Å². The minimum Gasteiger partial charge on any atom is -0.321 e. The quantitative estimate of drug-likeness (QED) is 0.681. The van der Waals surface area contributed by atoms with Gasteiger partial charge >= 0.3 is 0 Å². The molecule has 0 fully saturated rings. The normalized spacial score (nSPS) is 14.9. The lowest BCUT2D eigenvalue weighted by atomic mass is 10.0. The average molecular weight is 349 g/mol. The van der Waals surface area contributed by atoms with Crippen molar-refractivity contribution in [2.24, 2.45) is 0 Å². The molecule has 0 radical (unpaired) electrons. The van der Waals surface area contributed by atoms with Gasteiger partial charge in [0.05, 0.1) is 11.3 Å². The maximum absolute atomic E-state index is 13.0. The Labute approximate surface area is 150 Å². The number of hydrogen-bond donors (Lipinski definition) is 1. The summed E-state index contributed by atoms with van der Waals surface area (Å²) < 4.78 is 13.0. The van der Waals surface area contributed by atoms with Crippen LogP contribution in [0.25, 0.3) is 5.57 Å². The summed E-state index contributed by atoms with van der Waals surface area (Å²) in [5.74, 6) is -1.52. The Hall–Kier alpha value is -3.46. The number of nitrogens with zero attached hydrogens (tertiary/aromatic N) is 2. The van der Waals surface area contributed by atoms with Gasteiger partial charge in [0.25, 0.3) is 11.8 Å². The van der Waals surface area contributed by atoms with E-state index >= 15 is 0 Å². The summed E-state index contributed by atoms with van der Waals surface area (Å²) in [6, 6.07) is 14.0. The topological polar surface area (TPSA) is 73.2 Å². The van der Waals surface area contributed by atoms with Crippen LogP contribution in [0.1, 0.15) is 19.4 Å². The van der Waals surface area contributed by atoms with E-state index in [4.69, 9.17) is 0 Å². The molecule has 0 unspecified atom stereocenters. The van der Waals surface area contributed by atoms with Crippen LogP contribution in [0.15, 0.2) is 54.1 Å². The zero-order chi connectivity index (χ0) is 18.8. The van der Waals surface area contributed by atoms with E-state index in [0.717, 1.165) is 0 Å². The molecule has 130 valence electrons. The zero-order valence-corrected chi connectivity index (χ0v) is 14.3. The number of carbonyl (C=O) groups excluding carboxylic acids is 2. The van der Waals surface area contributed by atoms with Crippen molar-refractivity contribution >= 4 is 28.8 Å². The predicted octanol–water partition coefficient (Wildman–Crippen LogP) is 3.50. The summed E-state index contributed by atoms with van der Waals surface area (Å²) >= 11 is 0. The van der Waals surface area contributed by atoms with E-state index in [1.54, 1.807) is 29.2 Å². The molecule has 3 rings (SSSR count). The molecule has 1 heterocycles. The number of carbonyl (C=O) groups is 2. The number of rotatable bonds is 3. The second-order valence-corrected chi connectivity index (χ2v) is 6.11. The van der Waals surface area contributed by atoms with Gasteiger partial charge in [-0.2, -0.15) is 5.26 Å². The number of hydrogen-bond acceptors (Lipinski definition) is 3. The highest BCUT2D eigenvalue weighted by Gasteiger charge is 2.37. The van der Waals surface area contributed by atoms with Crippen molar-refractivity contribution in [3.63, 3.8) is 0 Å².